The number of hydrogen-bond acceptors (Lipinski definition) is 4. The van der Waals surface area contributed by atoms with Gasteiger partial charge < -0.3 is 19.5 Å². The zero-order chi connectivity index (χ0) is 17.4. The summed E-state index contributed by atoms with van der Waals surface area (Å²) in [6.07, 6.45) is 1.57. The third-order valence-electron chi connectivity index (χ3n) is 3.92. The second-order valence-corrected chi connectivity index (χ2v) is 5.92. The number of aryl methyl sites for hydroxylation is 1. The molecule has 0 saturated carbocycles. The van der Waals surface area contributed by atoms with Gasteiger partial charge >= 0.3 is 5.97 Å². The monoisotopic (exact) mass is 335 g/mol. The van der Waals surface area contributed by atoms with Gasteiger partial charge in [0.15, 0.2) is 0 Å². The standard InChI is InChI=1S/C18H25NO5/c1-2-10-23-15-6-3-14(4-7-15)5-8-17(20)19-9-11-24-16(13-19)12-18(21)22/h3-4,6-7,16H,2,5,8-13H2,1H3,(H,21,22)/t16-/m0/s1. The third-order valence-corrected chi connectivity index (χ3v) is 3.92. The summed E-state index contributed by atoms with van der Waals surface area (Å²) in [5.41, 5.74) is 1.09. The molecule has 1 fully saturated rings. The molecule has 6 heteroatoms. The van der Waals surface area contributed by atoms with Crippen molar-refractivity contribution < 1.29 is 24.2 Å². The molecule has 0 radical (unpaired) electrons. The number of rotatable bonds is 8. The maximum atomic E-state index is 12.3. The van der Waals surface area contributed by atoms with Crippen LogP contribution in [0.25, 0.3) is 0 Å². The Kier molecular flexibility index (Phi) is 7.06. The average molecular weight is 335 g/mol. The lowest BCUT2D eigenvalue weighted by Gasteiger charge is -2.32. The lowest BCUT2D eigenvalue weighted by Crippen LogP contribution is -2.46. The average Bonchev–Trinajstić information content (AvgIpc) is 2.58. The molecule has 1 aromatic carbocycles. The molecule has 0 unspecified atom stereocenters. The van der Waals surface area contributed by atoms with Crippen molar-refractivity contribution in [1.82, 2.24) is 4.90 Å². The number of hydrogen-bond donors (Lipinski definition) is 1. The summed E-state index contributed by atoms with van der Waals surface area (Å²) in [5, 5.41) is 8.83. The Labute approximate surface area is 142 Å². The van der Waals surface area contributed by atoms with E-state index in [1.54, 1.807) is 4.90 Å². The van der Waals surface area contributed by atoms with E-state index >= 15 is 0 Å². The number of carbonyl (C=O) groups is 2. The summed E-state index contributed by atoms with van der Waals surface area (Å²) < 4.78 is 10.9. The van der Waals surface area contributed by atoms with E-state index in [4.69, 9.17) is 14.6 Å². The van der Waals surface area contributed by atoms with Gasteiger partial charge in [0, 0.05) is 19.5 Å². The first kappa shape index (κ1) is 18.3. The van der Waals surface area contributed by atoms with Gasteiger partial charge in [0.05, 0.1) is 25.7 Å². The molecule has 24 heavy (non-hydrogen) atoms. The van der Waals surface area contributed by atoms with Gasteiger partial charge in [0.25, 0.3) is 0 Å². The Bertz CT molecular complexity index is 543. The summed E-state index contributed by atoms with van der Waals surface area (Å²) in [5.74, 6) is -0.0173. The van der Waals surface area contributed by atoms with E-state index in [1.165, 1.54) is 0 Å². The van der Waals surface area contributed by atoms with Crippen LogP contribution >= 0.6 is 0 Å². The predicted molar refractivity (Wildman–Crippen MR) is 89.1 cm³/mol. The van der Waals surface area contributed by atoms with Crippen molar-refractivity contribution in [3.05, 3.63) is 29.8 Å². The van der Waals surface area contributed by atoms with Gasteiger partial charge in [-0.3, -0.25) is 9.59 Å². The van der Waals surface area contributed by atoms with Crippen LogP contribution in [-0.4, -0.2) is 54.3 Å². The zero-order valence-electron chi connectivity index (χ0n) is 14.1. The number of ether oxygens (including phenoxy) is 2. The number of morpholine rings is 1. The van der Waals surface area contributed by atoms with Gasteiger partial charge in [-0.2, -0.15) is 0 Å². The number of amides is 1. The van der Waals surface area contributed by atoms with Crippen LogP contribution in [0.3, 0.4) is 0 Å². The van der Waals surface area contributed by atoms with Gasteiger partial charge in [-0.1, -0.05) is 19.1 Å². The summed E-state index contributed by atoms with van der Waals surface area (Å²) >= 11 is 0. The fourth-order valence-corrected chi connectivity index (χ4v) is 2.65. The molecular weight excluding hydrogens is 310 g/mol. The van der Waals surface area contributed by atoms with Crippen LogP contribution in [0.4, 0.5) is 0 Å². The predicted octanol–water partition coefficient (Wildman–Crippen LogP) is 2.11. The van der Waals surface area contributed by atoms with E-state index in [-0.39, 0.29) is 12.3 Å². The molecule has 1 heterocycles. The van der Waals surface area contributed by atoms with Crippen LogP contribution in [0.5, 0.6) is 5.75 Å². The minimum atomic E-state index is -0.903. The summed E-state index contributed by atoms with van der Waals surface area (Å²) in [7, 11) is 0. The van der Waals surface area contributed by atoms with Crippen LogP contribution in [0.1, 0.15) is 31.7 Å². The smallest absolute Gasteiger partial charge is 0.306 e. The second-order valence-electron chi connectivity index (χ2n) is 5.92. The molecule has 1 aliphatic rings. The largest absolute Gasteiger partial charge is 0.494 e. The SMILES string of the molecule is CCCOc1ccc(CCC(=O)N2CCO[C@@H](CC(=O)O)C2)cc1. The molecule has 132 valence electrons. The highest BCUT2D eigenvalue weighted by Crippen LogP contribution is 2.15. The normalized spacial score (nSPS) is 17.5. The highest BCUT2D eigenvalue weighted by atomic mass is 16.5. The minimum Gasteiger partial charge on any atom is -0.494 e. The second kappa shape index (κ2) is 9.27. The molecule has 1 aliphatic heterocycles. The van der Waals surface area contributed by atoms with Crippen molar-refractivity contribution in [2.75, 3.05) is 26.3 Å². The Morgan fingerprint density at radius 2 is 2.08 bits per heavy atom. The number of carbonyl (C=O) groups excluding carboxylic acids is 1. The van der Waals surface area contributed by atoms with Gasteiger partial charge in [-0.05, 0) is 30.5 Å². The lowest BCUT2D eigenvalue weighted by atomic mass is 10.1. The highest BCUT2D eigenvalue weighted by molar-refractivity contribution is 5.76. The van der Waals surface area contributed by atoms with Crippen LogP contribution in [0.15, 0.2) is 24.3 Å². The fraction of sp³-hybridized carbons (Fsp3) is 0.556. The van der Waals surface area contributed by atoms with Gasteiger partial charge in [-0.15, -0.1) is 0 Å². The van der Waals surface area contributed by atoms with Crippen molar-refractivity contribution in [3.63, 3.8) is 0 Å². The van der Waals surface area contributed by atoms with Crippen molar-refractivity contribution >= 4 is 11.9 Å². The van der Waals surface area contributed by atoms with Crippen LogP contribution < -0.4 is 4.74 Å². The summed E-state index contributed by atoms with van der Waals surface area (Å²) in [6, 6.07) is 7.80. The fourth-order valence-electron chi connectivity index (χ4n) is 2.65. The summed E-state index contributed by atoms with van der Waals surface area (Å²) in [4.78, 5) is 24.8. The van der Waals surface area contributed by atoms with E-state index in [9.17, 15) is 9.59 Å². The first-order valence-corrected chi connectivity index (χ1v) is 8.41. The van der Waals surface area contributed by atoms with E-state index in [1.807, 2.05) is 24.3 Å². The maximum absolute atomic E-state index is 12.3. The van der Waals surface area contributed by atoms with Crippen molar-refractivity contribution in [2.24, 2.45) is 0 Å². The van der Waals surface area contributed by atoms with E-state index in [0.29, 0.717) is 39.1 Å². The molecule has 1 amide bonds. The lowest BCUT2D eigenvalue weighted by molar-refractivity contribution is -0.147. The van der Waals surface area contributed by atoms with Crippen LogP contribution in [0.2, 0.25) is 0 Å². The van der Waals surface area contributed by atoms with Crippen LogP contribution in [-0.2, 0) is 20.7 Å². The molecule has 6 nitrogen and oxygen atoms in total. The molecule has 0 spiro atoms. The molecule has 0 bridgehead atoms. The molecule has 0 aromatic heterocycles. The molecule has 1 atom stereocenters. The van der Waals surface area contributed by atoms with E-state index in [2.05, 4.69) is 6.92 Å². The zero-order valence-corrected chi connectivity index (χ0v) is 14.1. The first-order valence-electron chi connectivity index (χ1n) is 8.41. The van der Waals surface area contributed by atoms with Gasteiger partial charge in [-0.25, -0.2) is 0 Å². The molecule has 1 saturated heterocycles. The Hall–Kier alpha value is -2.08. The number of carboxylic acids is 1. The molecule has 1 N–H and O–H groups in total. The molecule has 1 aromatic rings. The van der Waals surface area contributed by atoms with Crippen LogP contribution in [0, 0.1) is 0 Å². The minimum absolute atomic E-state index is 0.0417. The molecular formula is C18H25NO5. The van der Waals surface area contributed by atoms with E-state index in [0.717, 1.165) is 17.7 Å². The molecule has 0 aliphatic carbocycles. The molecule has 2 rings (SSSR count). The van der Waals surface area contributed by atoms with Gasteiger partial charge in [0.1, 0.15) is 5.75 Å². The van der Waals surface area contributed by atoms with Crippen molar-refractivity contribution in [3.8, 4) is 5.75 Å². The summed E-state index contributed by atoms with van der Waals surface area (Å²) in [6.45, 7) is 4.04. The highest BCUT2D eigenvalue weighted by Gasteiger charge is 2.25. The topological polar surface area (TPSA) is 76.1 Å². The Morgan fingerprint density at radius 3 is 2.75 bits per heavy atom. The van der Waals surface area contributed by atoms with Crippen molar-refractivity contribution in [2.45, 2.75) is 38.7 Å². The Balaban J connectivity index is 1.78. The van der Waals surface area contributed by atoms with Gasteiger partial charge in [0.2, 0.25) is 5.91 Å². The first-order chi connectivity index (χ1) is 11.6. The number of nitrogens with zero attached hydrogens (tertiary/aromatic N) is 1. The Morgan fingerprint density at radius 1 is 1.33 bits per heavy atom. The number of carboxylic acid groups (broad SMARTS) is 1. The number of aliphatic carboxylic acids is 1. The quantitative estimate of drug-likeness (QED) is 0.787. The van der Waals surface area contributed by atoms with E-state index < -0.39 is 12.1 Å². The number of benzene rings is 1. The third kappa shape index (κ3) is 5.85. The maximum Gasteiger partial charge on any atom is 0.306 e. The van der Waals surface area contributed by atoms with Crippen molar-refractivity contribution in [1.29, 1.82) is 0 Å².